The fourth-order valence-electron chi connectivity index (χ4n) is 1.25. The van der Waals surface area contributed by atoms with Crippen molar-refractivity contribution < 1.29 is 9.13 Å². The predicted octanol–water partition coefficient (Wildman–Crippen LogP) is 4.51. The van der Waals surface area contributed by atoms with Gasteiger partial charge in [-0.2, -0.15) is 0 Å². The number of pyridine rings is 1. The van der Waals surface area contributed by atoms with Crippen LogP contribution in [0.1, 0.15) is 5.69 Å². The number of hydrogen-bond donors (Lipinski definition) is 0. The van der Waals surface area contributed by atoms with Crippen LogP contribution in [0, 0.1) is 5.82 Å². The average Bonchev–Trinajstić information content (AvgIpc) is 2.34. The van der Waals surface area contributed by atoms with E-state index in [0.29, 0.717) is 22.0 Å². The van der Waals surface area contributed by atoms with E-state index in [2.05, 4.69) is 20.9 Å². The Labute approximate surface area is 112 Å². The molecule has 0 aliphatic rings. The van der Waals surface area contributed by atoms with Crippen molar-refractivity contribution in [2.75, 3.05) is 0 Å². The van der Waals surface area contributed by atoms with Gasteiger partial charge in [-0.15, -0.1) is 11.6 Å². The van der Waals surface area contributed by atoms with Gasteiger partial charge in [-0.1, -0.05) is 6.07 Å². The number of alkyl halides is 1. The van der Waals surface area contributed by atoms with Gasteiger partial charge in [-0.3, -0.25) is 0 Å². The van der Waals surface area contributed by atoms with Crippen LogP contribution in [-0.2, 0) is 5.88 Å². The first-order valence-corrected chi connectivity index (χ1v) is 6.16. The summed E-state index contributed by atoms with van der Waals surface area (Å²) in [5, 5.41) is 0. The molecule has 0 spiro atoms. The zero-order chi connectivity index (χ0) is 12.3. The molecule has 2 rings (SSSR count). The molecule has 0 N–H and O–H groups in total. The Morgan fingerprint density at radius 1 is 1.29 bits per heavy atom. The normalized spacial score (nSPS) is 10.3. The van der Waals surface area contributed by atoms with Crippen LogP contribution in [0.4, 0.5) is 4.39 Å². The molecule has 0 atom stereocenters. The summed E-state index contributed by atoms with van der Waals surface area (Å²) >= 11 is 8.76. The quantitative estimate of drug-likeness (QED) is 0.777. The van der Waals surface area contributed by atoms with Gasteiger partial charge < -0.3 is 4.74 Å². The summed E-state index contributed by atoms with van der Waals surface area (Å²) in [4.78, 5) is 4.18. The van der Waals surface area contributed by atoms with Gasteiger partial charge in [0, 0.05) is 6.07 Å². The zero-order valence-corrected chi connectivity index (χ0v) is 11.0. The van der Waals surface area contributed by atoms with E-state index < -0.39 is 0 Å². The summed E-state index contributed by atoms with van der Waals surface area (Å²) in [7, 11) is 0. The molecule has 0 radical (unpaired) electrons. The molecule has 17 heavy (non-hydrogen) atoms. The Balaban J connectivity index is 2.22. The summed E-state index contributed by atoms with van der Waals surface area (Å²) in [6.07, 6.45) is 0. The van der Waals surface area contributed by atoms with Gasteiger partial charge in [0.15, 0.2) is 0 Å². The fourth-order valence-corrected chi connectivity index (χ4v) is 1.76. The molecule has 2 aromatic rings. The number of ether oxygens (including phenoxy) is 1. The molecule has 1 heterocycles. The molecule has 2 nitrogen and oxygen atoms in total. The number of hydrogen-bond acceptors (Lipinski definition) is 2. The van der Waals surface area contributed by atoms with Gasteiger partial charge in [0.1, 0.15) is 11.6 Å². The Morgan fingerprint density at radius 2 is 2.12 bits per heavy atom. The minimum absolute atomic E-state index is 0.324. The van der Waals surface area contributed by atoms with Crippen molar-refractivity contribution >= 4 is 27.5 Å². The molecule has 0 aliphatic carbocycles. The summed E-state index contributed by atoms with van der Waals surface area (Å²) < 4.78 is 18.9. The highest BCUT2D eigenvalue weighted by molar-refractivity contribution is 9.10. The molecular weight excluding hydrogens is 308 g/mol. The minimum atomic E-state index is -0.334. The second-order valence-electron chi connectivity index (χ2n) is 3.28. The lowest BCUT2D eigenvalue weighted by Gasteiger charge is -2.06. The van der Waals surface area contributed by atoms with Crippen LogP contribution in [0.2, 0.25) is 0 Å². The first-order chi connectivity index (χ1) is 8.19. The third-order valence-electron chi connectivity index (χ3n) is 2.03. The van der Waals surface area contributed by atoms with Crippen molar-refractivity contribution in [2.24, 2.45) is 0 Å². The van der Waals surface area contributed by atoms with E-state index in [1.165, 1.54) is 12.1 Å². The Bertz CT molecular complexity index is 536. The number of nitrogens with zero attached hydrogens (tertiary/aromatic N) is 1. The van der Waals surface area contributed by atoms with Crippen LogP contribution in [0.25, 0.3) is 0 Å². The molecular formula is C12H8BrClFNO. The number of aromatic nitrogens is 1. The molecule has 1 aromatic heterocycles. The second-order valence-corrected chi connectivity index (χ2v) is 4.40. The molecule has 88 valence electrons. The largest absolute Gasteiger partial charge is 0.439 e. The molecule has 0 unspecified atom stereocenters. The highest BCUT2D eigenvalue weighted by Crippen LogP contribution is 2.25. The van der Waals surface area contributed by atoms with E-state index in [0.717, 1.165) is 5.69 Å². The van der Waals surface area contributed by atoms with Gasteiger partial charge in [-0.05, 0) is 40.2 Å². The van der Waals surface area contributed by atoms with E-state index in [1.807, 2.05) is 0 Å². The van der Waals surface area contributed by atoms with Crippen LogP contribution in [0.15, 0.2) is 40.9 Å². The number of rotatable bonds is 3. The number of halogens is 3. The van der Waals surface area contributed by atoms with E-state index in [9.17, 15) is 4.39 Å². The highest BCUT2D eigenvalue weighted by atomic mass is 79.9. The fraction of sp³-hybridized carbons (Fsp3) is 0.0833. The van der Waals surface area contributed by atoms with Crippen molar-refractivity contribution in [2.45, 2.75) is 5.88 Å². The Kier molecular flexibility index (Phi) is 3.97. The van der Waals surface area contributed by atoms with Crippen molar-refractivity contribution in [1.82, 2.24) is 4.98 Å². The van der Waals surface area contributed by atoms with E-state index >= 15 is 0 Å². The smallest absolute Gasteiger partial charge is 0.219 e. The Morgan fingerprint density at radius 3 is 2.82 bits per heavy atom. The van der Waals surface area contributed by atoms with Crippen molar-refractivity contribution in [3.05, 3.63) is 52.4 Å². The first-order valence-electron chi connectivity index (χ1n) is 4.84. The molecule has 0 aliphatic heterocycles. The van der Waals surface area contributed by atoms with Crippen LogP contribution in [0.5, 0.6) is 11.6 Å². The van der Waals surface area contributed by atoms with E-state index in [-0.39, 0.29) is 5.82 Å². The van der Waals surface area contributed by atoms with Crippen LogP contribution in [-0.4, -0.2) is 4.98 Å². The topological polar surface area (TPSA) is 22.1 Å². The molecule has 0 saturated carbocycles. The SMILES string of the molecule is Fc1ccc(Oc2cccc(CCl)n2)cc1Br. The highest BCUT2D eigenvalue weighted by Gasteiger charge is 2.03. The second kappa shape index (κ2) is 5.47. The third kappa shape index (κ3) is 3.17. The van der Waals surface area contributed by atoms with Crippen molar-refractivity contribution in [1.29, 1.82) is 0 Å². The summed E-state index contributed by atoms with van der Waals surface area (Å²) in [5.41, 5.74) is 0.727. The lowest BCUT2D eigenvalue weighted by atomic mass is 10.3. The summed E-state index contributed by atoms with van der Waals surface area (Å²) in [6.45, 7) is 0. The summed E-state index contributed by atoms with van der Waals surface area (Å²) in [6, 6.07) is 9.73. The zero-order valence-electron chi connectivity index (χ0n) is 8.66. The third-order valence-corrected chi connectivity index (χ3v) is 2.91. The molecule has 0 fully saturated rings. The molecule has 1 aromatic carbocycles. The minimum Gasteiger partial charge on any atom is -0.439 e. The monoisotopic (exact) mass is 315 g/mol. The van der Waals surface area contributed by atoms with Gasteiger partial charge in [0.2, 0.25) is 5.88 Å². The maximum atomic E-state index is 13.0. The van der Waals surface area contributed by atoms with Crippen LogP contribution < -0.4 is 4.74 Å². The molecule has 0 bridgehead atoms. The van der Waals surface area contributed by atoms with Gasteiger partial charge in [0.05, 0.1) is 16.0 Å². The van der Waals surface area contributed by atoms with Crippen molar-refractivity contribution in [3.63, 3.8) is 0 Å². The van der Waals surface area contributed by atoms with E-state index in [1.54, 1.807) is 24.3 Å². The molecule has 0 saturated heterocycles. The van der Waals surface area contributed by atoms with Crippen LogP contribution >= 0.6 is 27.5 Å². The lowest BCUT2D eigenvalue weighted by molar-refractivity contribution is 0.459. The number of benzene rings is 1. The van der Waals surface area contributed by atoms with E-state index in [4.69, 9.17) is 16.3 Å². The van der Waals surface area contributed by atoms with Gasteiger partial charge in [-0.25, -0.2) is 9.37 Å². The average molecular weight is 317 g/mol. The van der Waals surface area contributed by atoms with Gasteiger partial charge in [0.25, 0.3) is 0 Å². The maximum absolute atomic E-state index is 13.0. The predicted molar refractivity (Wildman–Crippen MR) is 68.0 cm³/mol. The van der Waals surface area contributed by atoms with Gasteiger partial charge >= 0.3 is 0 Å². The standard InChI is InChI=1S/C12H8BrClFNO/c13-10-6-9(4-5-11(10)15)17-12-3-1-2-8(7-14)16-12/h1-6H,7H2. The van der Waals surface area contributed by atoms with Crippen LogP contribution in [0.3, 0.4) is 0 Å². The lowest BCUT2D eigenvalue weighted by Crippen LogP contribution is -1.91. The molecule has 5 heteroatoms. The molecule has 0 amide bonds. The summed E-state index contributed by atoms with van der Waals surface area (Å²) in [5.74, 6) is 0.934. The Hall–Kier alpha value is -1.13. The first kappa shape index (κ1) is 12.3. The maximum Gasteiger partial charge on any atom is 0.219 e. The van der Waals surface area contributed by atoms with Crippen molar-refractivity contribution in [3.8, 4) is 11.6 Å².